The molecule has 1 heterocycles. The zero-order chi connectivity index (χ0) is 16.1. The van der Waals surface area contributed by atoms with Crippen molar-refractivity contribution in [2.75, 3.05) is 0 Å². The van der Waals surface area contributed by atoms with Crippen LogP contribution in [-0.4, -0.2) is 11.1 Å². The monoisotopic (exact) mass is 304 g/mol. The van der Waals surface area contributed by atoms with Gasteiger partial charge in [0.05, 0.1) is 0 Å². The summed E-state index contributed by atoms with van der Waals surface area (Å²) < 4.78 is 1.80. The summed E-state index contributed by atoms with van der Waals surface area (Å²) in [6, 6.07) is 23.6. The number of aromatic nitrogens is 1. The van der Waals surface area contributed by atoms with E-state index < -0.39 is 5.97 Å². The van der Waals surface area contributed by atoms with Gasteiger partial charge < -0.3 is 5.11 Å². The number of pyridine rings is 1. The molecule has 0 atom stereocenters. The van der Waals surface area contributed by atoms with Crippen molar-refractivity contribution in [3.8, 4) is 0 Å². The van der Waals surface area contributed by atoms with Gasteiger partial charge in [-0.15, -0.1) is 0 Å². The minimum atomic E-state index is -0.896. The minimum absolute atomic E-state index is 0.347. The molecule has 0 fully saturated rings. The highest BCUT2D eigenvalue weighted by atomic mass is 16.4. The Morgan fingerprint density at radius 2 is 1.43 bits per heavy atom. The van der Waals surface area contributed by atoms with E-state index in [-0.39, 0.29) is 0 Å². The average molecular weight is 304 g/mol. The number of nitrogens with zero attached hydrogens (tertiary/aromatic N) is 1. The van der Waals surface area contributed by atoms with Crippen LogP contribution in [0.4, 0.5) is 0 Å². The molecule has 0 spiro atoms. The molecular weight excluding hydrogens is 286 g/mol. The first kappa shape index (κ1) is 15.0. The van der Waals surface area contributed by atoms with Gasteiger partial charge in [0.25, 0.3) is 5.69 Å². The second-order valence-corrected chi connectivity index (χ2v) is 5.46. The zero-order valence-corrected chi connectivity index (χ0v) is 12.7. The molecule has 0 saturated heterocycles. The van der Waals surface area contributed by atoms with Crippen LogP contribution in [0.15, 0.2) is 79.0 Å². The molecule has 3 heteroatoms. The van der Waals surface area contributed by atoms with E-state index in [4.69, 9.17) is 0 Å². The number of carboxylic acids is 1. The molecule has 0 bridgehead atoms. The Hall–Kier alpha value is -2.94. The van der Waals surface area contributed by atoms with Crippen LogP contribution in [0.3, 0.4) is 0 Å². The van der Waals surface area contributed by atoms with E-state index in [1.807, 2.05) is 79.0 Å². The van der Waals surface area contributed by atoms with Gasteiger partial charge in [0.15, 0.2) is 12.7 Å². The number of benzene rings is 2. The van der Waals surface area contributed by atoms with Crippen molar-refractivity contribution < 1.29 is 14.5 Å². The lowest BCUT2D eigenvalue weighted by Crippen LogP contribution is -2.42. The molecule has 0 amide bonds. The number of hydrogen-bond donors (Lipinski definition) is 1. The minimum Gasteiger partial charge on any atom is -0.473 e. The molecule has 3 rings (SSSR count). The number of aromatic carboxylic acids is 1. The number of carboxylic acid groups (broad SMARTS) is 1. The van der Waals surface area contributed by atoms with Gasteiger partial charge >= 0.3 is 5.97 Å². The summed E-state index contributed by atoms with van der Waals surface area (Å²) in [6.45, 7) is 0.547. The SMILES string of the molecule is O=C(O)c1c(Cc2ccccc2)ccc[n+]1Cc1ccccc1. The summed E-state index contributed by atoms with van der Waals surface area (Å²) in [6.07, 6.45) is 2.43. The van der Waals surface area contributed by atoms with E-state index >= 15 is 0 Å². The predicted molar refractivity (Wildman–Crippen MR) is 88.4 cm³/mol. The maximum Gasteiger partial charge on any atom is 0.401 e. The largest absolute Gasteiger partial charge is 0.473 e. The van der Waals surface area contributed by atoms with Crippen LogP contribution in [-0.2, 0) is 13.0 Å². The topological polar surface area (TPSA) is 41.2 Å². The lowest BCUT2D eigenvalue weighted by atomic mass is 10.0. The molecule has 0 saturated carbocycles. The van der Waals surface area contributed by atoms with Crippen LogP contribution in [0, 0.1) is 0 Å². The van der Waals surface area contributed by atoms with Crippen LogP contribution >= 0.6 is 0 Å². The summed E-state index contributed by atoms with van der Waals surface area (Å²) in [7, 11) is 0. The first-order valence-corrected chi connectivity index (χ1v) is 7.56. The zero-order valence-electron chi connectivity index (χ0n) is 12.7. The Morgan fingerprint density at radius 3 is 2.04 bits per heavy atom. The Kier molecular flexibility index (Phi) is 4.48. The second kappa shape index (κ2) is 6.88. The summed E-state index contributed by atoms with van der Waals surface area (Å²) in [5.74, 6) is -0.896. The third-order valence-corrected chi connectivity index (χ3v) is 3.79. The Labute approximate surface area is 135 Å². The van der Waals surface area contributed by atoms with Crippen molar-refractivity contribution in [1.29, 1.82) is 0 Å². The number of carbonyl (C=O) groups is 1. The van der Waals surface area contributed by atoms with Crippen molar-refractivity contribution in [2.24, 2.45) is 0 Å². The smallest absolute Gasteiger partial charge is 0.401 e. The molecule has 0 unspecified atom stereocenters. The van der Waals surface area contributed by atoms with Crippen LogP contribution < -0.4 is 4.57 Å². The summed E-state index contributed by atoms with van der Waals surface area (Å²) in [4.78, 5) is 11.8. The summed E-state index contributed by atoms with van der Waals surface area (Å²) in [5.41, 5.74) is 3.35. The predicted octanol–water partition coefficient (Wildman–Crippen LogP) is 3.31. The quantitative estimate of drug-likeness (QED) is 0.735. The fourth-order valence-corrected chi connectivity index (χ4v) is 2.73. The molecule has 0 radical (unpaired) electrons. The fraction of sp³-hybridized carbons (Fsp3) is 0.100. The van der Waals surface area contributed by atoms with Crippen LogP contribution in [0.1, 0.15) is 27.2 Å². The van der Waals surface area contributed by atoms with E-state index in [0.717, 1.165) is 16.7 Å². The Balaban J connectivity index is 1.97. The van der Waals surface area contributed by atoms with Gasteiger partial charge in [-0.05, 0) is 11.6 Å². The standard InChI is InChI=1S/C20H17NO2/c22-20(23)19-18(14-16-8-3-1-4-9-16)12-7-13-21(19)15-17-10-5-2-6-11-17/h1-13H,14-15H2/p+1. The molecule has 1 N–H and O–H groups in total. The summed E-state index contributed by atoms with van der Waals surface area (Å²) >= 11 is 0. The highest BCUT2D eigenvalue weighted by Crippen LogP contribution is 2.12. The normalized spacial score (nSPS) is 10.4. The third kappa shape index (κ3) is 3.64. The number of hydrogen-bond acceptors (Lipinski definition) is 1. The molecule has 0 aliphatic heterocycles. The maximum absolute atomic E-state index is 11.8. The molecule has 3 nitrogen and oxygen atoms in total. The van der Waals surface area contributed by atoms with E-state index in [0.29, 0.717) is 18.7 Å². The van der Waals surface area contributed by atoms with Crippen molar-refractivity contribution in [3.63, 3.8) is 0 Å². The van der Waals surface area contributed by atoms with Crippen molar-refractivity contribution in [2.45, 2.75) is 13.0 Å². The van der Waals surface area contributed by atoms with E-state index in [1.165, 1.54) is 0 Å². The van der Waals surface area contributed by atoms with Crippen LogP contribution in [0.2, 0.25) is 0 Å². The number of rotatable bonds is 5. The molecule has 23 heavy (non-hydrogen) atoms. The summed E-state index contributed by atoms with van der Waals surface area (Å²) in [5, 5.41) is 9.68. The molecule has 2 aromatic carbocycles. The molecule has 0 aliphatic carbocycles. The van der Waals surface area contributed by atoms with Gasteiger partial charge in [-0.3, -0.25) is 0 Å². The first-order chi connectivity index (χ1) is 11.2. The van der Waals surface area contributed by atoms with Crippen molar-refractivity contribution in [3.05, 3.63) is 101 Å². The average Bonchev–Trinajstić information content (AvgIpc) is 2.56. The van der Waals surface area contributed by atoms with Gasteiger partial charge in [0.2, 0.25) is 0 Å². The van der Waals surface area contributed by atoms with Gasteiger partial charge in [-0.1, -0.05) is 60.7 Å². The highest BCUT2D eigenvalue weighted by Gasteiger charge is 2.23. The lowest BCUT2D eigenvalue weighted by Gasteiger charge is -2.07. The molecular formula is C20H18NO2+. The fourth-order valence-electron chi connectivity index (χ4n) is 2.73. The first-order valence-electron chi connectivity index (χ1n) is 7.56. The molecule has 0 aliphatic rings. The van der Waals surface area contributed by atoms with Crippen LogP contribution in [0.25, 0.3) is 0 Å². The van der Waals surface area contributed by atoms with E-state index in [9.17, 15) is 9.90 Å². The lowest BCUT2D eigenvalue weighted by molar-refractivity contribution is -0.691. The van der Waals surface area contributed by atoms with Crippen molar-refractivity contribution in [1.82, 2.24) is 0 Å². The Bertz CT molecular complexity index is 739. The molecule has 1 aromatic heterocycles. The second-order valence-electron chi connectivity index (χ2n) is 5.46. The maximum atomic E-state index is 11.8. The van der Waals surface area contributed by atoms with Gasteiger partial charge in [-0.2, -0.15) is 4.57 Å². The van der Waals surface area contributed by atoms with Gasteiger partial charge in [0.1, 0.15) is 0 Å². The van der Waals surface area contributed by atoms with E-state index in [1.54, 1.807) is 4.57 Å². The molecule has 114 valence electrons. The Morgan fingerprint density at radius 1 is 0.826 bits per heavy atom. The van der Waals surface area contributed by atoms with Crippen LogP contribution in [0.5, 0.6) is 0 Å². The highest BCUT2D eigenvalue weighted by molar-refractivity contribution is 5.85. The van der Waals surface area contributed by atoms with E-state index in [2.05, 4.69) is 0 Å². The third-order valence-electron chi connectivity index (χ3n) is 3.79. The van der Waals surface area contributed by atoms with Crippen molar-refractivity contribution >= 4 is 5.97 Å². The van der Waals surface area contributed by atoms with Gasteiger partial charge in [-0.25, -0.2) is 4.79 Å². The van der Waals surface area contributed by atoms with Gasteiger partial charge in [0, 0.05) is 23.6 Å². The molecule has 3 aromatic rings.